The SMILES string of the molecule is CC1CCCN(c2nc3c(c(=O)[nH]2)C(c2cccnc2)C(C#N)C(=O)N3)C1. The van der Waals surface area contributed by atoms with Crippen molar-refractivity contribution in [1.29, 1.82) is 5.26 Å². The van der Waals surface area contributed by atoms with Gasteiger partial charge in [-0.2, -0.15) is 10.2 Å². The van der Waals surface area contributed by atoms with Gasteiger partial charge in [0.15, 0.2) is 0 Å². The van der Waals surface area contributed by atoms with Crippen LogP contribution < -0.4 is 15.8 Å². The Labute approximate surface area is 156 Å². The van der Waals surface area contributed by atoms with Crippen LogP contribution in [0.25, 0.3) is 0 Å². The number of nitrogens with zero attached hydrogens (tertiary/aromatic N) is 4. The van der Waals surface area contributed by atoms with E-state index in [1.54, 1.807) is 24.5 Å². The molecule has 0 spiro atoms. The quantitative estimate of drug-likeness (QED) is 0.837. The molecule has 1 saturated heterocycles. The van der Waals surface area contributed by atoms with Crippen LogP contribution in [0, 0.1) is 23.2 Å². The number of aromatic amines is 1. The van der Waals surface area contributed by atoms with Crippen LogP contribution in [-0.2, 0) is 4.79 Å². The molecule has 0 aromatic carbocycles. The first-order chi connectivity index (χ1) is 13.1. The normalized spacial score (nSPS) is 24.7. The fourth-order valence-electron chi connectivity index (χ4n) is 3.95. The van der Waals surface area contributed by atoms with E-state index in [9.17, 15) is 14.9 Å². The van der Waals surface area contributed by atoms with E-state index in [2.05, 4.69) is 27.2 Å². The van der Waals surface area contributed by atoms with Crippen molar-refractivity contribution in [3.63, 3.8) is 0 Å². The molecule has 3 unspecified atom stereocenters. The molecule has 8 heteroatoms. The summed E-state index contributed by atoms with van der Waals surface area (Å²) in [4.78, 5) is 39.0. The van der Waals surface area contributed by atoms with Crippen LogP contribution in [0.3, 0.4) is 0 Å². The summed E-state index contributed by atoms with van der Waals surface area (Å²) in [5.41, 5.74) is 0.622. The summed E-state index contributed by atoms with van der Waals surface area (Å²) in [7, 11) is 0. The van der Waals surface area contributed by atoms with Gasteiger partial charge in [0, 0.05) is 31.4 Å². The smallest absolute Gasteiger partial charge is 0.258 e. The maximum Gasteiger partial charge on any atom is 0.258 e. The second-order valence-electron chi connectivity index (χ2n) is 7.21. The first kappa shape index (κ1) is 17.2. The van der Waals surface area contributed by atoms with E-state index in [1.807, 2.05) is 11.0 Å². The predicted octanol–water partition coefficient (Wildman–Crippen LogP) is 1.62. The number of H-pyrrole nitrogens is 1. The lowest BCUT2D eigenvalue weighted by Crippen LogP contribution is -2.41. The first-order valence-corrected chi connectivity index (χ1v) is 9.08. The summed E-state index contributed by atoms with van der Waals surface area (Å²) in [6.45, 7) is 3.79. The standard InChI is InChI=1S/C19H20N6O2/c1-11-4-3-7-25(10-11)19-23-16-15(18(27)24-19)14(12-5-2-6-21-9-12)13(8-20)17(26)22-16/h2,5-6,9,11,13-14H,3-4,7,10H2,1H3,(H2,22,23,24,26,27). The maximum atomic E-state index is 13.0. The molecule has 0 radical (unpaired) electrons. The summed E-state index contributed by atoms with van der Waals surface area (Å²) >= 11 is 0. The highest BCUT2D eigenvalue weighted by Gasteiger charge is 2.40. The van der Waals surface area contributed by atoms with Crippen LogP contribution >= 0.6 is 0 Å². The Balaban J connectivity index is 1.82. The molecule has 138 valence electrons. The minimum Gasteiger partial charge on any atom is -0.342 e. The number of piperidine rings is 1. The molecular weight excluding hydrogens is 344 g/mol. The molecular formula is C19H20N6O2. The second-order valence-corrected chi connectivity index (χ2v) is 7.21. The van der Waals surface area contributed by atoms with E-state index in [1.165, 1.54) is 0 Å². The lowest BCUT2D eigenvalue weighted by molar-refractivity contribution is -0.119. The summed E-state index contributed by atoms with van der Waals surface area (Å²) in [5.74, 6) is -0.942. The highest BCUT2D eigenvalue weighted by molar-refractivity contribution is 5.97. The van der Waals surface area contributed by atoms with Crippen LogP contribution in [0.5, 0.6) is 0 Å². The van der Waals surface area contributed by atoms with Gasteiger partial charge in [-0.05, 0) is 30.4 Å². The number of aromatic nitrogens is 3. The number of pyridine rings is 1. The van der Waals surface area contributed by atoms with E-state index in [4.69, 9.17) is 0 Å². The van der Waals surface area contributed by atoms with Gasteiger partial charge in [0.1, 0.15) is 11.7 Å². The number of rotatable bonds is 2. The minimum absolute atomic E-state index is 0.234. The molecule has 2 aromatic rings. The third kappa shape index (κ3) is 3.05. The van der Waals surface area contributed by atoms with E-state index < -0.39 is 17.7 Å². The Morgan fingerprint density at radius 2 is 2.22 bits per heavy atom. The topological polar surface area (TPSA) is 115 Å². The molecule has 4 rings (SSSR count). The van der Waals surface area contributed by atoms with Gasteiger partial charge in [-0.15, -0.1) is 0 Å². The molecule has 1 amide bonds. The van der Waals surface area contributed by atoms with Crippen LogP contribution in [0.2, 0.25) is 0 Å². The molecule has 3 atom stereocenters. The zero-order valence-electron chi connectivity index (χ0n) is 15.0. The van der Waals surface area contributed by atoms with Crippen molar-refractivity contribution in [3.8, 4) is 6.07 Å². The molecule has 0 bridgehead atoms. The fraction of sp³-hybridized carbons (Fsp3) is 0.421. The Morgan fingerprint density at radius 3 is 2.93 bits per heavy atom. The number of hydrogen-bond acceptors (Lipinski definition) is 6. The molecule has 2 aliphatic heterocycles. The maximum absolute atomic E-state index is 13.0. The van der Waals surface area contributed by atoms with Gasteiger partial charge in [0.05, 0.1) is 11.6 Å². The predicted molar refractivity (Wildman–Crippen MR) is 99.3 cm³/mol. The van der Waals surface area contributed by atoms with E-state index in [-0.39, 0.29) is 11.4 Å². The molecule has 2 aliphatic rings. The van der Waals surface area contributed by atoms with E-state index in [0.717, 1.165) is 25.9 Å². The average molecular weight is 364 g/mol. The zero-order valence-corrected chi connectivity index (χ0v) is 15.0. The van der Waals surface area contributed by atoms with Crippen molar-refractivity contribution >= 4 is 17.7 Å². The van der Waals surface area contributed by atoms with Crippen molar-refractivity contribution in [3.05, 3.63) is 46.0 Å². The Morgan fingerprint density at radius 1 is 1.37 bits per heavy atom. The summed E-state index contributed by atoms with van der Waals surface area (Å²) in [6.07, 6.45) is 5.37. The van der Waals surface area contributed by atoms with Gasteiger partial charge in [-0.3, -0.25) is 19.6 Å². The van der Waals surface area contributed by atoms with Gasteiger partial charge in [0.2, 0.25) is 11.9 Å². The molecule has 2 aromatic heterocycles. The fourth-order valence-corrected chi connectivity index (χ4v) is 3.95. The van der Waals surface area contributed by atoms with Crippen molar-refractivity contribution in [2.75, 3.05) is 23.3 Å². The number of anilines is 2. The molecule has 1 fully saturated rings. The van der Waals surface area contributed by atoms with Crippen molar-refractivity contribution in [2.24, 2.45) is 11.8 Å². The molecule has 4 heterocycles. The summed E-state index contributed by atoms with van der Waals surface area (Å²) in [5, 5.41) is 12.2. The molecule has 2 N–H and O–H groups in total. The lowest BCUT2D eigenvalue weighted by Gasteiger charge is -2.33. The van der Waals surface area contributed by atoms with Crippen molar-refractivity contribution in [1.82, 2.24) is 15.0 Å². The molecule has 27 heavy (non-hydrogen) atoms. The Hall–Kier alpha value is -3.21. The van der Waals surface area contributed by atoms with Gasteiger partial charge in [0.25, 0.3) is 5.56 Å². The Kier molecular flexibility index (Phi) is 4.36. The van der Waals surface area contributed by atoms with Gasteiger partial charge >= 0.3 is 0 Å². The van der Waals surface area contributed by atoms with Gasteiger partial charge in [-0.1, -0.05) is 13.0 Å². The number of hydrogen-bond donors (Lipinski definition) is 2. The third-order valence-corrected chi connectivity index (χ3v) is 5.25. The monoisotopic (exact) mass is 364 g/mol. The van der Waals surface area contributed by atoms with Crippen molar-refractivity contribution in [2.45, 2.75) is 25.7 Å². The van der Waals surface area contributed by atoms with E-state index in [0.29, 0.717) is 23.0 Å². The largest absolute Gasteiger partial charge is 0.342 e. The number of nitrogens with one attached hydrogen (secondary N) is 2. The second kappa shape index (κ2) is 6.83. The zero-order chi connectivity index (χ0) is 19.0. The average Bonchev–Trinajstić information content (AvgIpc) is 2.67. The van der Waals surface area contributed by atoms with Crippen LogP contribution in [0.15, 0.2) is 29.3 Å². The molecule has 0 saturated carbocycles. The summed E-state index contributed by atoms with van der Waals surface area (Å²) < 4.78 is 0. The Bertz CT molecular complexity index is 964. The number of amides is 1. The number of nitriles is 1. The van der Waals surface area contributed by atoms with Gasteiger partial charge in [-0.25, -0.2) is 0 Å². The van der Waals surface area contributed by atoms with E-state index >= 15 is 0 Å². The number of carbonyl (C=O) groups is 1. The summed E-state index contributed by atoms with van der Waals surface area (Å²) in [6, 6.07) is 5.51. The minimum atomic E-state index is -1.01. The first-order valence-electron chi connectivity index (χ1n) is 9.08. The highest BCUT2D eigenvalue weighted by atomic mass is 16.2. The van der Waals surface area contributed by atoms with Crippen LogP contribution in [0.1, 0.15) is 36.8 Å². The highest BCUT2D eigenvalue weighted by Crippen LogP contribution is 2.37. The third-order valence-electron chi connectivity index (χ3n) is 5.25. The number of fused-ring (bicyclic) bond motifs is 1. The van der Waals surface area contributed by atoms with Crippen LogP contribution in [-0.4, -0.2) is 33.9 Å². The van der Waals surface area contributed by atoms with Gasteiger partial charge < -0.3 is 10.2 Å². The molecule has 8 nitrogen and oxygen atoms in total. The van der Waals surface area contributed by atoms with Crippen LogP contribution in [0.4, 0.5) is 11.8 Å². The van der Waals surface area contributed by atoms with Crippen molar-refractivity contribution < 1.29 is 4.79 Å². The lowest BCUT2D eigenvalue weighted by atomic mass is 9.80. The number of carbonyl (C=O) groups excluding carboxylic acids is 1. The molecule has 0 aliphatic carbocycles.